The van der Waals surface area contributed by atoms with Crippen molar-refractivity contribution in [3.63, 3.8) is 0 Å². The van der Waals surface area contributed by atoms with Crippen molar-refractivity contribution >= 4 is 20.4 Å². The fourth-order valence-corrected chi connectivity index (χ4v) is 4.13. The number of allylic oxidation sites excluding steroid dienone is 2. The standard InChI is InChI=1S/C28H33P/c1-5-23-12-15-26(16-13-23)27(17-14-24-9-6-20(2)7-10-24)22(4)28-18-25(19-29)11-8-21(28)3/h6-13,15-16,18H,5,14,17,19,29H2,1-4H3/b27-22+. The van der Waals surface area contributed by atoms with Crippen LogP contribution in [0.25, 0.3) is 11.1 Å². The van der Waals surface area contributed by atoms with E-state index in [0.717, 1.165) is 25.4 Å². The largest absolute Gasteiger partial charge is 0.133 e. The van der Waals surface area contributed by atoms with Gasteiger partial charge in [-0.15, -0.1) is 9.24 Å². The monoisotopic (exact) mass is 400 g/mol. The van der Waals surface area contributed by atoms with Gasteiger partial charge in [0.2, 0.25) is 0 Å². The molecule has 29 heavy (non-hydrogen) atoms. The first-order valence-electron chi connectivity index (χ1n) is 10.7. The van der Waals surface area contributed by atoms with E-state index in [2.05, 4.69) is 104 Å². The minimum atomic E-state index is 0.991. The van der Waals surface area contributed by atoms with Gasteiger partial charge in [-0.1, -0.05) is 79.2 Å². The van der Waals surface area contributed by atoms with Gasteiger partial charge in [-0.2, -0.15) is 0 Å². The van der Waals surface area contributed by atoms with Crippen molar-refractivity contribution < 1.29 is 0 Å². The van der Waals surface area contributed by atoms with Gasteiger partial charge in [-0.3, -0.25) is 0 Å². The van der Waals surface area contributed by atoms with E-state index in [1.807, 2.05) is 0 Å². The molecule has 0 spiro atoms. The highest BCUT2D eigenvalue weighted by atomic mass is 31.0. The second kappa shape index (κ2) is 10.0. The van der Waals surface area contributed by atoms with Crippen molar-refractivity contribution in [2.24, 2.45) is 0 Å². The third kappa shape index (κ3) is 5.46. The summed E-state index contributed by atoms with van der Waals surface area (Å²) in [5.74, 6) is 0. The summed E-state index contributed by atoms with van der Waals surface area (Å²) in [7, 11) is 2.85. The average molecular weight is 401 g/mol. The number of aryl methyl sites for hydroxylation is 4. The lowest BCUT2D eigenvalue weighted by Gasteiger charge is -2.17. The van der Waals surface area contributed by atoms with Crippen molar-refractivity contribution in [1.29, 1.82) is 0 Å². The van der Waals surface area contributed by atoms with Crippen LogP contribution in [0.5, 0.6) is 0 Å². The number of rotatable bonds is 7. The van der Waals surface area contributed by atoms with Crippen LogP contribution in [0.3, 0.4) is 0 Å². The van der Waals surface area contributed by atoms with Gasteiger partial charge in [-0.25, -0.2) is 0 Å². The van der Waals surface area contributed by atoms with Gasteiger partial charge < -0.3 is 0 Å². The second-order valence-electron chi connectivity index (χ2n) is 7.99. The fraction of sp³-hybridized carbons (Fsp3) is 0.286. The van der Waals surface area contributed by atoms with Gasteiger partial charge in [0.25, 0.3) is 0 Å². The topological polar surface area (TPSA) is 0 Å². The first-order valence-corrected chi connectivity index (χ1v) is 11.5. The Balaban J connectivity index is 2.02. The Labute approximate surface area is 179 Å². The van der Waals surface area contributed by atoms with E-state index >= 15 is 0 Å². The maximum atomic E-state index is 2.85. The van der Waals surface area contributed by atoms with Crippen LogP contribution in [-0.4, -0.2) is 0 Å². The molecule has 3 rings (SSSR count). The molecule has 0 aliphatic carbocycles. The number of hydrogen-bond acceptors (Lipinski definition) is 0. The molecule has 0 saturated carbocycles. The number of hydrogen-bond donors (Lipinski definition) is 0. The van der Waals surface area contributed by atoms with Crippen LogP contribution in [0.1, 0.15) is 59.2 Å². The van der Waals surface area contributed by atoms with Crippen molar-refractivity contribution in [2.45, 2.75) is 53.1 Å². The van der Waals surface area contributed by atoms with Gasteiger partial charge in [-0.05, 0) is 90.7 Å². The Morgan fingerprint density at radius 3 is 2.03 bits per heavy atom. The maximum Gasteiger partial charge on any atom is -0.0128 e. The molecule has 0 aliphatic rings. The molecule has 0 N–H and O–H groups in total. The summed E-state index contributed by atoms with van der Waals surface area (Å²) in [6.45, 7) is 8.89. The van der Waals surface area contributed by atoms with Crippen molar-refractivity contribution in [2.75, 3.05) is 0 Å². The van der Waals surface area contributed by atoms with Crippen LogP contribution < -0.4 is 0 Å². The molecule has 3 aromatic carbocycles. The minimum absolute atomic E-state index is 0.991. The summed E-state index contributed by atoms with van der Waals surface area (Å²) < 4.78 is 0. The van der Waals surface area contributed by atoms with Crippen LogP contribution in [0.2, 0.25) is 0 Å². The van der Waals surface area contributed by atoms with Gasteiger partial charge in [0.05, 0.1) is 0 Å². The van der Waals surface area contributed by atoms with E-state index < -0.39 is 0 Å². The van der Waals surface area contributed by atoms with Crippen LogP contribution in [0, 0.1) is 13.8 Å². The molecule has 0 fully saturated rings. The molecule has 0 radical (unpaired) electrons. The van der Waals surface area contributed by atoms with Gasteiger partial charge in [0, 0.05) is 0 Å². The first kappa shape index (κ1) is 21.5. The Kier molecular flexibility index (Phi) is 7.45. The van der Waals surface area contributed by atoms with Crippen molar-refractivity contribution in [3.05, 3.63) is 106 Å². The summed E-state index contributed by atoms with van der Waals surface area (Å²) in [6.07, 6.45) is 4.18. The summed E-state index contributed by atoms with van der Waals surface area (Å²) in [5.41, 5.74) is 12.4. The van der Waals surface area contributed by atoms with E-state index in [-0.39, 0.29) is 0 Å². The van der Waals surface area contributed by atoms with Crippen molar-refractivity contribution in [3.8, 4) is 0 Å². The van der Waals surface area contributed by atoms with Crippen LogP contribution >= 0.6 is 9.24 Å². The first-order chi connectivity index (χ1) is 14.0. The van der Waals surface area contributed by atoms with Gasteiger partial charge in [0.1, 0.15) is 0 Å². The normalized spacial score (nSPS) is 12.0. The lowest BCUT2D eigenvalue weighted by atomic mass is 9.88. The maximum absolute atomic E-state index is 2.85. The predicted molar refractivity (Wildman–Crippen MR) is 132 cm³/mol. The fourth-order valence-electron chi connectivity index (χ4n) is 3.88. The highest BCUT2D eigenvalue weighted by Gasteiger charge is 2.11. The molecule has 0 aromatic heterocycles. The summed E-state index contributed by atoms with van der Waals surface area (Å²) >= 11 is 0. The lowest BCUT2D eigenvalue weighted by Crippen LogP contribution is -1.97. The Morgan fingerprint density at radius 1 is 0.793 bits per heavy atom. The highest BCUT2D eigenvalue weighted by Crippen LogP contribution is 2.32. The third-order valence-electron chi connectivity index (χ3n) is 5.89. The van der Waals surface area contributed by atoms with Crippen LogP contribution in [-0.2, 0) is 19.0 Å². The molecule has 1 atom stereocenters. The molecule has 1 heteroatoms. The molecule has 0 heterocycles. The van der Waals surface area contributed by atoms with Crippen LogP contribution in [0.4, 0.5) is 0 Å². The third-order valence-corrected chi connectivity index (χ3v) is 6.36. The molecule has 1 unspecified atom stereocenters. The summed E-state index contributed by atoms with van der Waals surface area (Å²) in [6, 6.07) is 25.0. The Morgan fingerprint density at radius 2 is 1.41 bits per heavy atom. The molecule has 150 valence electrons. The quantitative estimate of drug-likeness (QED) is 0.280. The molecule has 0 nitrogen and oxygen atoms in total. The summed E-state index contributed by atoms with van der Waals surface area (Å²) in [4.78, 5) is 0. The smallest absolute Gasteiger partial charge is 0.0128 e. The molecule has 0 saturated heterocycles. The zero-order valence-electron chi connectivity index (χ0n) is 18.3. The molecule has 0 amide bonds. The molecular formula is C28H33P. The van der Waals surface area contributed by atoms with Crippen molar-refractivity contribution in [1.82, 2.24) is 0 Å². The Bertz CT molecular complexity index is 976. The molecule has 0 bridgehead atoms. The predicted octanol–water partition coefficient (Wildman–Crippen LogP) is 7.80. The van der Waals surface area contributed by atoms with E-state index in [1.54, 1.807) is 0 Å². The Hall–Kier alpha value is -2.17. The van der Waals surface area contributed by atoms with E-state index in [0.29, 0.717) is 0 Å². The molecule has 3 aromatic rings. The summed E-state index contributed by atoms with van der Waals surface area (Å²) in [5, 5.41) is 0. The van der Waals surface area contributed by atoms with Crippen LogP contribution in [0.15, 0.2) is 66.7 Å². The number of benzene rings is 3. The average Bonchev–Trinajstić information content (AvgIpc) is 2.75. The van der Waals surface area contributed by atoms with E-state index in [9.17, 15) is 0 Å². The van der Waals surface area contributed by atoms with E-state index in [4.69, 9.17) is 0 Å². The molecule has 0 aliphatic heterocycles. The van der Waals surface area contributed by atoms with Gasteiger partial charge >= 0.3 is 0 Å². The zero-order valence-corrected chi connectivity index (χ0v) is 19.4. The van der Waals surface area contributed by atoms with E-state index in [1.165, 1.54) is 50.1 Å². The highest BCUT2D eigenvalue weighted by molar-refractivity contribution is 7.15. The molecular weight excluding hydrogens is 367 g/mol. The lowest BCUT2D eigenvalue weighted by molar-refractivity contribution is 1.01. The zero-order chi connectivity index (χ0) is 20.8. The SMILES string of the molecule is CCc1ccc(/C(CCc2ccc(C)cc2)=C(\C)c2cc(CP)ccc2C)cc1. The second-order valence-corrected chi connectivity index (χ2v) is 8.40. The van der Waals surface area contributed by atoms with Gasteiger partial charge in [0.15, 0.2) is 0 Å². The minimum Gasteiger partial charge on any atom is -0.133 e.